The maximum Gasteiger partial charge on any atom is 0.338 e. The highest BCUT2D eigenvalue weighted by molar-refractivity contribution is 7.16. The first-order valence-electron chi connectivity index (χ1n) is 6.77. The van der Waals surface area contributed by atoms with E-state index < -0.39 is 11.9 Å². The van der Waals surface area contributed by atoms with Crippen molar-refractivity contribution in [2.24, 2.45) is 5.92 Å². The molecule has 0 aliphatic carbocycles. The summed E-state index contributed by atoms with van der Waals surface area (Å²) in [6.07, 6.45) is 0.186. The van der Waals surface area contributed by atoms with Gasteiger partial charge in [0.1, 0.15) is 5.00 Å². The molecular weight excluding hydrogens is 292 g/mol. The fourth-order valence-corrected chi connectivity index (χ4v) is 3.50. The van der Waals surface area contributed by atoms with Crippen LogP contribution in [0.4, 0.5) is 5.00 Å². The second-order valence-corrected chi connectivity index (χ2v) is 6.34. The van der Waals surface area contributed by atoms with E-state index in [1.807, 2.05) is 13.8 Å². The van der Waals surface area contributed by atoms with Crippen molar-refractivity contribution in [1.82, 2.24) is 4.90 Å². The second-order valence-electron chi connectivity index (χ2n) is 5.12. The van der Waals surface area contributed by atoms with Gasteiger partial charge in [-0.05, 0) is 26.3 Å². The topological polar surface area (TPSA) is 86.7 Å². The van der Waals surface area contributed by atoms with Crippen molar-refractivity contribution in [2.75, 3.05) is 18.4 Å². The molecule has 2 heterocycles. The number of hydrogen-bond acceptors (Lipinski definition) is 4. The highest BCUT2D eigenvalue weighted by Gasteiger charge is 2.34. The van der Waals surface area contributed by atoms with Crippen LogP contribution in [0.5, 0.6) is 0 Å². The number of carbonyl (C=O) groups is 3. The van der Waals surface area contributed by atoms with Crippen molar-refractivity contribution in [3.63, 3.8) is 0 Å². The van der Waals surface area contributed by atoms with Gasteiger partial charge in [0.2, 0.25) is 11.8 Å². The lowest BCUT2D eigenvalue weighted by molar-refractivity contribution is -0.128. The number of hydrogen-bond donors (Lipinski definition) is 2. The lowest BCUT2D eigenvalue weighted by Crippen LogP contribution is -2.28. The number of rotatable bonds is 4. The second kappa shape index (κ2) is 5.85. The van der Waals surface area contributed by atoms with Crippen LogP contribution in [0.1, 0.15) is 34.1 Å². The van der Waals surface area contributed by atoms with Crippen LogP contribution in [0, 0.1) is 19.8 Å². The molecule has 1 aliphatic rings. The molecule has 0 radical (unpaired) electrons. The van der Waals surface area contributed by atoms with E-state index in [9.17, 15) is 19.5 Å². The molecule has 1 atom stereocenters. The SMILES string of the molecule is CCN1CC(C(=O)Nc2sc(C)c(C)c2C(=O)O)CC1=O. The molecule has 0 spiro atoms. The van der Waals surface area contributed by atoms with E-state index in [-0.39, 0.29) is 23.8 Å². The van der Waals surface area contributed by atoms with Crippen LogP contribution in [0.15, 0.2) is 0 Å². The van der Waals surface area contributed by atoms with Gasteiger partial charge in [-0.25, -0.2) is 4.79 Å². The highest BCUT2D eigenvalue weighted by atomic mass is 32.1. The van der Waals surface area contributed by atoms with Gasteiger partial charge in [0.05, 0.1) is 11.5 Å². The molecule has 1 saturated heterocycles. The molecule has 1 aromatic heterocycles. The molecule has 0 aromatic carbocycles. The highest BCUT2D eigenvalue weighted by Crippen LogP contribution is 2.33. The molecule has 21 heavy (non-hydrogen) atoms. The number of amides is 2. The molecule has 2 N–H and O–H groups in total. The number of carboxylic acids is 1. The number of nitrogens with zero attached hydrogens (tertiary/aromatic N) is 1. The Morgan fingerprint density at radius 2 is 2.10 bits per heavy atom. The Morgan fingerprint density at radius 3 is 2.62 bits per heavy atom. The van der Waals surface area contributed by atoms with Gasteiger partial charge in [0.25, 0.3) is 0 Å². The fraction of sp³-hybridized carbons (Fsp3) is 0.500. The van der Waals surface area contributed by atoms with Gasteiger partial charge in [-0.1, -0.05) is 0 Å². The van der Waals surface area contributed by atoms with E-state index in [0.29, 0.717) is 23.7 Å². The molecule has 1 aliphatic heterocycles. The molecule has 0 saturated carbocycles. The molecular formula is C14H18N2O4S. The summed E-state index contributed by atoms with van der Waals surface area (Å²) < 4.78 is 0. The zero-order valence-electron chi connectivity index (χ0n) is 12.2. The lowest BCUT2D eigenvalue weighted by atomic mass is 10.1. The Hall–Kier alpha value is -1.89. The Labute approximate surface area is 126 Å². The summed E-state index contributed by atoms with van der Waals surface area (Å²) in [5.74, 6) is -1.79. The summed E-state index contributed by atoms with van der Waals surface area (Å²) in [5, 5.41) is 12.3. The van der Waals surface area contributed by atoms with Crippen LogP contribution in [0.3, 0.4) is 0 Å². The molecule has 2 amide bonds. The van der Waals surface area contributed by atoms with Gasteiger partial charge in [-0.3, -0.25) is 9.59 Å². The average molecular weight is 310 g/mol. The van der Waals surface area contributed by atoms with Crippen molar-refractivity contribution < 1.29 is 19.5 Å². The van der Waals surface area contributed by atoms with Crippen molar-refractivity contribution in [3.8, 4) is 0 Å². The minimum absolute atomic E-state index is 0.0327. The fourth-order valence-electron chi connectivity index (χ4n) is 2.44. The molecule has 6 nitrogen and oxygen atoms in total. The number of thiophene rings is 1. The first kappa shape index (κ1) is 15.5. The number of likely N-dealkylation sites (tertiary alicyclic amines) is 1. The number of carbonyl (C=O) groups excluding carboxylic acids is 2. The Bertz CT molecular complexity index is 608. The standard InChI is InChI=1S/C14H18N2O4S/c1-4-16-6-9(5-10(16)17)12(18)15-13-11(14(19)20)7(2)8(3)21-13/h9H,4-6H2,1-3H3,(H,15,18)(H,19,20). The number of aromatic carboxylic acids is 1. The Balaban J connectivity index is 2.16. The van der Waals surface area contributed by atoms with Gasteiger partial charge in [-0.2, -0.15) is 0 Å². The molecule has 1 aromatic rings. The smallest absolute Gasteiger partial charge is 0.338 e. The van der Waals surface area contributed by atoms with Crippen LogP contribution in [0.2, 0.25) is 0 Å². The van der Waals surface area contributed by atoms with E-state index >= 15 is 0 Å². The molecule has 7 heteroatoms. The normalized spacial score (nSPS) is 18.1. The third kappa shape index (κ3) is 2.92. The van der Waals surface area contributed by atoms with Gasteiger partial charge in [0, 0.05) is 24.4 Å². The maximum atomic E-state index is 12.2. The summed E-state index contributed by atoms with van der Waals surface area (Å²) in [6.45, 7) is 6.39. The first-order chi connectivity index (χ1) is 9.85. The summed E-state index contributed by atoms with van der Waals surface area (Å²) in [5.41, 5.74) is 0.808. The van der Waals surface area contributed by atoms with Gasteiger partial charge >= 0.3 is 5.97 Å². The minimum Gasteiger partial charge on any atom is -0.478 e. The average Bonchev–Trinajstić information content (AvgIpc) is 2.91. The van der Waals surface area contributed by atoms with Gasteiger partial charge < -0.3 is 15.3 Å². The van der Waals surface area contributed by atoms with E-state index in [2.05, 4.69) is 5.32 Å². The Kier molecular flexibility index (Phi) is 4.32. The molecule has 114 valence electrons. The van der Waals surface area contributed by atoms with Crippen LogP contribution in [0.25, 0.3) is 0 Å². The number of carboxylic acid groups (broad SMARTS) is 1. The quantitative estimate of drug-likeness (QED) is 0.889. The summed E-state index contributed by atoms with van der Waals surface area (Å²) in [4.78, 5) is 37.7. The van der Waals surface area contributed by atoms with Gasteiger partial charge in [-0.15, -0.1) is 11.3 Å². The lowest BCUT2D eigenvalue weighted by Gasteiger charge is -2.13. The predicted molar refractivity (Wildman–Crippen MR) is 79.7 cm³/mol. The molecule has 1 fully saturated rings. The number of anilines is 1. The van der Waals surface area contributed by atoms with E-state index in [1.165, 1.54) is 11.3 Å². The van der Waals surface area contributed by atoms with Crippen LogP contribution in [-0.4, -0.2) is 40.9 Å². The van der Waals surface area contributed by atoms with Crippen LogP contribution in [-0.2, 0) is 9.59 Å². The molecule has 0 bridgehead atoms. The maximum absolute atomic E-state index is 12.2. The third-order valence-electron chi connectivity index (χ3n) is 3.80. The summed E-state index contributed by atoms with van der Waals surface area (Å²) >= 11 is 1.25. The third-order valence-corrected chi connectivity index (χ3v) is 4.93. The van der Waals surface area contributed by atoms with Crippen molar-refractivity contribution >= 4 is 34.1 Å². The number of nitrogens with one attached hydrogen (secondary N) is 1. The summed E-state index contributed by atoms with van der Waals surface area (Å²) in [6, 6.07) is 0. The zero-order valence-corrected chi connectivity index (χ0v) is 13.0. The van der Waals surface area contributed by atoms with Crippen molar-refractivity contribution in [3.05, 3.63) is 16.0 Å². The van der Waals surface area contributed by atoms with Gasteiger partial charge in [0.15, 0.2) is 0 Å². The summed E-state index contributed by atoms with van der Waals surface area (Å²) in [7, 11) is 0. The van der Waals surface area contributed by atoms with E-state index in [1.54, 1.807) is 11.8 Å². The van der Waals surface area contributed by atoms with Crippen LogP contribution >= 0.6 is 11.3 Å². The zero-order chi connectivity index (χ0) is 15.7. The predicted octanol–water partition coefficient (Wildman–Crippen LogP) is 1.87. The molecule has 1 unspecified atom stereocenters. The minimum atomic E-state index is -1.05. The monoisotopic (exact) mass is 310 g/mol. The van der Waals surface area contributed by atoms with Crippen molar-refractivity contribution in [2.45, 2.75) is 27.2 Å². The van der Waals surface area contributed by atoms with E-state index in [0.717, 1.165) is 4.88 Å². The first-order valence-corrected chi connectivity index (χ1v) is 7.58. The Morgan fingerprint density at radius 1 is 1.43 bits per heavy atom. The van der Waals surface area contributed by atoms with Crippen LogP contribution < -0.4 is 5.32 Å². The number of aryl methyl sites for hydroxylation is 1. The molecule has 2 rings (SSSR count). The van der Waals surface area contributed by atoms with E-state index in [4.69, 9.17) is 0 Å². The largest absolute Gasteiger partial charge is 0.478 e. The van der Waals surface area contributed by atoms with Crippen molar-refractivity contribution in [1.29, 1.82) is 0 Å².